The minimum Gasteiger partial charge on any atom is -0.314 e. The molecule has 0 aromatic heterocycles. The smallest absolute Gasteiger partial charge is 0.314 e. The number of imide groups is 2. The molecule has 3 rings (SSSR count). The molecule has 0 spiro atoms. The molecule has 0 saturated carbocycles. The molecule has 2 heterocycles. The van der Waals surface area contributed by atoms with Crippen LogP contribution in [0, 0.1) is 5.92 Å². The van der Waals surface area contributed by atoms with Crippen molar-refractivity contribution in [2.24, 2.45) is 10.9 Å². The maximum atomic E-state index is 12.6. The molecule has 1 aromatic rings. The van der Waals surface area contributed by atoms with Gasteiger partial charge in [0.1, 0.15) is 0 Å². The van der Waals surface area contributed by atoms with Gasteiger partial charge in [-0.25, -0.2) is 4.79 Å². The first kappa shape index (κ1) is 18.2. The van der Waals surface area contributed by atoms with Gasteiger partial charge in [-0.1, -0.05) is 30.3 Å². The number of benzene rings is 1. The Morgan fingerprint density at radius 3 is 2.58 bits per heavy atom. The number of nitrogens with zero attached hydrogens (tertiary/aromatic N) is 3. The maximum Gasteiger partial charge on any atom is 0.331 e. The van der Waals surface area contributed by atoms with Crippen LogP contribution >= 0.6 is 0 Å². The quantitative estimate of drug-likeness (QED) is 0.546. The van der Waals surface area contributed by atoms with Crippen molar-refractivity contribution in [3.63, 3.8) is 0 Å². The van der Waals surface area contributed by atoms with Crippen molar-refractivity contribution in [1.29, 1.82) is 0 Å². The third-order valence-electron chi connectivity index (χ3n) is 4.48. The van der Waals surface area contributed by atoms with E-state index in [0.29, 0.717) is 6.54 Å². The first-order valence-corrected chi connectivity index (χ1v) is 8.78. The molecule has 4 amide bonds. The third kappa shape index (κ3) is 4.53. The predicted molar refractivity (Wildman–Crippen MR) is 96.7 cm³/mol. The van der Waals surface area contributed by atoms with Crippen LogP contribution in [0.15, 0.2) is 35.3 Å². The molecule has 8 heteroatoms. The number of amides is 4. The second-order valence-corrected chi connectivity index (χ2v) is 6.33. The monoisotopic (exact) mass is 357 g/mol. The molecule has 2 N–H and O–H groups in total. The van der Waals surface area contributed by atoms with Crippen LogP contribution < -0.4 is 10.6 Å². The van der Waals surface area contributed by atoms with Crippen molar-refractivity contribution in [2.75, 3.05) is 39.3 Å². The molecule has 0 aliphatic carbocycles. The average Bonchev–Trinajstić information content (AvgIpc) is 2.66. The van der Waals surface area contributed by atoms with Crippen LogP contribution in [0.25, 0.3) is 0 Å². The fourth-order valence-electron chi connectivity index (χ4n) is 2.99. The Hall–Kier alpha value is -2.58. The first-order chi connectivity index (χ1) is 12.6. The minimum atomic E-state index is -1.06. The van der Waals surface area contributed by atoms with Gasteiger partial charge >= 0.3 is 6.03 Å². The number of hydrogen-bond donors (Lipinski definition) is 2. The SMILES string of the molecule is O=C1NC(=O)N(Cc2ccccc2)C(=O)[C@H]1C=NCCN1CCNCC1. The fourth-order valence-corrected chi connectivity index (χ4v) is 2.99. The zero-order valence-corrected chi connectivity index (χ0v) is 14.6. The van der Waals surface area contributed by atoms with E-state index in [4.69, 9.17) is 0 Å². The summed E-state index contributed by atoms with van der Waals surface area (Å²) in [6.07, 6.45) is 1.37. The summed E-state index contributed by atoms with van der Waals surface area (Å²) in [6, 6.07) is 8.50. The summed E-state index contributed by atoms with van der Waals surface area (Å²) in [5.41, 5.74) is 0.819. The van der Waals surface area contributed by atoms with Gasteiger partial charge in [0.15, 0.2) is 5.92 Å². The number of rotatable bonds is 6. The predicted octanol–water partition coefficient (Wildman–Crippen LogP) is -0.143. The van der Waals surface area contributed by atoms with Gasteiger partial charge in [0.25, 0.3) is 0 Å². The number of carbonyl (C=O) groups is 3. The summed E-state index contributed by atoms with van der Waals surface area (Å²) < 4.78 is 0. The highest BCUT2D eigenvalue weighted by Crippen LogP contribution is 2.13. The van der Waals surface area contributed by atoms with Gasteiger partial charge < -0.3 is 5.32 Å². The van der Waals surface area contributed by atoms with Crippen LogP contribution in [0.5, 0.6) is 0 Å². The van der Waals surface area contributed by atoms with Crippen molar-refractivity contribution in [1.82, 2.24) is 20.4 Å². The first-order valence-electron chi connectivity index (χ1n) is 8.78. The van der Waals surface area contributed by atoms with E-state index in [1.54, 1.807) is 0 Å². The van der Waals surface area contributed by atoms with Gasteiger partial charge in [0, 0.05) is 38.9 Å². The molecule has 2 saturated heterocycles. The Kier molecular flexibility index (Phi) is 6.08. The lowest BCUT2D eigenvalue weighted by molar-refractivity contribution is -0.139. The molecular weight excluding hydrogens is 334 g/mol. The molecule has 2 aliphatic heterocycles. The maximum absolute atomic E-state index is 12.6. The number of piperazine rings is 1. The zero-order chi connectivity index (χ0) is 18.4. The summed E-state index contributed by atoms with van der Waals surface area (Å²) in [5, 5.41) is 5.52. The van der Waals surface area contributed by atoms with Gasteiger partial charge in [-0.15, -0.1) is 0 Å². The molecule has 0 unspecified atom stereocenters. The Bertz CT molecular complexity index is 685. The van der Waals surface area contributed by atoms with E-state index in [-0.39, 0.29) is 6.54 Å². The van der Waals surface area contributed by atoms with Crippen molar-refractivity contribution in [3.05, 3.63) is 35.9 Å². The van der Waals surface area contributed by atoms with Gasteiger partial charge in [-0.3, -0.25) is 29.7 Å². The molecule has 1 atom stereocenters. The molecule has 138 valence electrons. The third-order valence-corrected chi connectivity index (χ3v) is 4.48. The largest absolute Gasteiger partial charge is 0.331 e. The van der Waals surface area contributed by atoms with E-state index in [1.807, 2.05) is 30.3 Å². The molecule has 2 aliphatic rings. The standard InChI is InChI=1S/C18H23N5O3/c24-16-15(12-20-8-11-22-9-6-19-7-10-22)17(25)23(18(26)21-16)13-14-4-2-1-3-5-14/h1-5,12,15,19H,6-11,13H2,(H,21,24,26)/t15-/m0/s1. The average molecular weight is 357 g/mol. The number of nitrogens with one attached hydrogen (secondary N) is 2. The van der Waals surface area contributed by atoms with Crippen molar-refractivity contribution >= 4 is 24.1 Å². The molecule has 2 fully saturated rings. The lowest BCUT2D eigenvalue weighted by atomic mass is 10.1. The van der Waals surface area contributed by atoms with Crippen LogP contribution in [0.4, 0.5) is 4.79 Å². The Morgan fingerprint density at radius 2 is 1.85 bits per heavy atom. The van der Waals surface area contributed by atoms with E-state index in [0.717, 1.165) is 43.2 Å². The van der Waals surface area contributed by atoms with E-state index >= 15 is 0 Å². The van der Waals surface area contributed by atoms with Crippen molar-refractivity contribution in [3.8, 4) is 0 Å². The summed E-state index contributed by atoms with van der Waals surface area (Å²) >= 11 is 0. The fraction of sp³-hybridized carbons (Fsp3) is 0.444. The van der Waals surface area contributed by atoms with Crippen LogP contribution in [0.3, 0.4) is 0 Å². The molecule has 8 nitrogen and oxygen atoms in total. The Morgan fingerprint density at radius 1 is 1.12 bits per heavy atom. The number of hydrogen-bond acceptors (Lipinski definition) is 6. The topological polar surface area (TPSA) is 94.1 Å². The summed E-state index contributed by atoms with van der Waals surface area (Å²) in [7, 11) is 0. The molecule has 1 aromatic carbocycles. The number of aliphatic imine (C=N–C) groups is 1. The summed E-state index contributed by atoms with van der Waals surface area (Å²) in [4.78, 5) is 44.2. The van der Waals surface area contributed by atoms with Gasteiger partial charge in [0.2, 0.25) is 11.8 Å². The van der Waals surface area contributed by atoms with Gasteiger partial charge in [0.05, 0.1) is 13.1 Å². The highest BCUT2D eigenvalue weighted by atomic mass is 16.2. The van der Waals surface area contributed by atoms with Gasteiger partial charge in [-0.2, -0.15) is 0 Å². The number of carbonyl (C=O) groups excluding carboxylic acids is 3. The Labute approximate surface area is 152 Å². The van der Waals surface area contributed by atoms with Crippen LogP contribution in [0.1, 0.15) is 5.56 Å². The summed E-state index contributed by atoms with van der Waals surface area (Å²) in [5.74, 6) is -2.21. The van der Waals surface area contributed by atoms with E-state index in [2.05, 4.69) is 20.5 Å². The molecule has 0 radical (unpaired) electrons. The summed E-state index contributed by atoms with van der Waals surface area (Å²) in [6.45, 7) is 5.30. The minimum absolute atomic E-state index is 0.129. The molecule has 0 bridgehead atoms. The normalized spacial score (nSPS) is 22.1. The molecular formula is C18H23N5O3. The van der Waals surface area contributed by atoms with E-state index in [9.17, 15) is 14.4 Å². The van der Waals surface area contributed by atoms with Crippen molar-refractivity contribution < 1.29 is 14.4 Å². The van der Waals surface area contributed by atoms with Crippen LogP contribution in [0.2, 0.25) is 0 Å². The lowest BCUT2D eigenvalue weighted by Crippen LogP contribution is -2.57. The van der Waals surface area contributed by atoms with Gasteiger partial charge in [-0.05, 0) is 5.56 Å². The Balaban J connectivity index is 1.58. The highest BCUT2D eigenvalue weighted by Gasteiger charge is 2.39. The molecule has 26 heavy (non-hydrogen) atoms. The van der Waals surface area contributed by atoms with Crippen LogP contribution in [-0.2, 0) is 16.1 Å². The van der Waals surface area contributed by atoms with Crippen molar-refractivity contribution in [2.45, 2.75) is 6.54 Å². The van der Waals surface area contributed by atoms with E-state index < -0.39 is 23.8 Å². The second kappa shape index (κ2) is 8.68. The van der Waals surface area contributed by atoms with E-state index in [1.165, 1.54) is 6.21 Å². The zero-order valence-electron chi connectivity index (χ0n) is 14.6. The number of urea groups is 1. The number of barbiturate groups is 1. The lowest BCUT2D eigenvalue weighted by Gasteiger charge is -2.28. The highest BCUT2D eigenvalue weighted by molar-refractivity contribution is 6.23. The second-order valence-electron chi connectivity index (χ2n) is 6.33. The van der Waals surface area contributed by atoms with Crippen LogP contribution in [-0.4, -0.2) is 73.1 Å².